The van der Waals surface area contributed by atoms with Crippen LogP contribution in [0.15, 0.2) is 40.8 Å². The number of rotatable bonds is 4. The Morgan fingerprint density at radius 3 is 2.31 bits per heavy atom. The minimum Gasteiger partial charge on any atom is -0.455 e. The van der Waals surface area contributed by atoms with Crippen molar-refractivity contribution in [1.29, 1.82) is 0 Å². The maximum atomic E-state index is 12.4. The largest absolute Gasteiger partial charge is 0.455 e. The molecule has 3 heterocycles. The molecular formula is C21H27N3O2. The second kappa shape index (κ2) is 7.54. The fourth-order valence-corrected chi connectivity index (χ4v) is 3.79. The lowest BCUT2D eigenvalue weighted by Crippen LogP contribution is -2.45. The lowest BCUT2D eigenvalue weighted by Gasteiger charge is -2.35. The number of benzene rings is 1. The highest BCUT2D eigenvalue weighted by molar-refractivity contribution is 5.91. The van der Waals surface area contributed by atoms with Crippen LogP contribution in [0.1, 0.15) is 34.7 Å². The Labute approximate surface area is 155 Å². The lowest BCUT2D eigenvalue weighted by atomic mass is 10.2. The zero-order chi connectivity index (χ0) is 17.9. The minimum absolute atomic E-state index is 0.0398. The molecule has 0 N–H and O–H groups in total. The molecule has 2 aliphatic rings. The summed E-state index contributed by atoms with van der Waals surface area (Å²) in [6.07, 6.45) is 2.20. The van der Waals surface area contributed by atoms with Crippen molar-refractivity contribution in [2.75, 3.05) is 44.2 Å². The summed E-state index contributed by atoms with van der Waals surface area (Å²) < 4.78 is 5.84. The summed E-state index contributed by atoms with van der Waals surface area (Å²) in [5, 5.41) is 0. The maximum Gasteiger partial charge on any atom is 0.289 e. The fraction of sp³-hybridized carbons (Fsp3) is 0.476. The van der Waals surface area contributed by atoms with Crippen molar-refractivity contribution < 1.29 is 9.21 Å². The number of nitrogens with zero attached hydrogens (tertiary/aromatic N) is 3. The molecule has 0 saturated carbocycles. The Balaban J connectivity index is 1.30. The van der Waals surface area contributed by atoms with Gasteiger partial charge in [0.05, 0.1) is 6.54 Å². The van der Waals surface area contributed by atoms with E-state index in [-0.39, 0.29) is 5.91 Å². The number of likely N-dealkylation sites (tertiary alicyclic amines) is 1. The molecule has 0 atom stereocenters. The van der Waals surface area contributed by atoms with Crippen LogP contribution >= 0.6 is 0 Å². The SMILES string of the molecule is Cc1ccc(N2CCN(Cc3ccc(C(=O)N4CCCC4)o3)CC2)cc1. The number of amides is 1. The summed E-state index contributed by atoms with van der Waals surface area (Å²) >= 11 is 0. The first-order chi connectivity index (χ1) is 12.7. The van der Waals surface area contributed by atoms with Crippen LogP contribution in [0.2, 0.25) is 0 Å². The number of carbonyl (C=O) groups is 1. The van der Waals surface area contributed by atoms with Crippen LogP contribution in [0.4, 0.5) is 5.69 Å². The Morgan fingerprint density at radius 1 is 0.923 bits per heavy atom. The highest BCUT2D eigenvalue weighted by atomic mass is 16.4. The van der Waals surface area contributed by atoms with Crippen LogP contribution in [-0.2, 0) is 6.54 Å². The van der Waals surface area contributed by atoms with E-state index in [0.29, 0.717) is 5.76 Å². The molecule has 0 unspecified atom stereocenters. The first-order valence-electron chi connectivity index (χ1n) is 9.61. The molecule has 2 aromatic rings. The number of hydrogen-bond acceptors (Lipinski definition) is 4. The third kappa shape index (κ3) is 3.78. The van der Waals surface area contributed by atoms with E-state index in [4.69, 9.17) is 4.42 Å². The molecule has 5 nitrogen and oxygen atoms in total. The van der Waals surface area contributed by atoms with E-state index < -0.39 is 0 Å². The van der Waals surface area contributed by atoms with E-state index in [1.807, 2.05) is 17.0 Å². The molecule has 2 aliphatic heterocycles. The van der Waals surface area contributed by atoms with Crippen molar-refractivity contribution in [3.63, 3.8) is 0 Å². The van der Waals surface area contributed by atoms with E-state index in [0.717, 1.165) is 64.4 Å². The molecule has 0 radical (unpaired) electrons. The highest BCUT2D eigenvalue weighted by Crippen LogP contribution is 2.20. The van der Waals surface area contributed by atoms with Gasteiger partial charge >= 0.3 is 0 Å². The van der Waals surface area contributed by atoms with Gasteiger partial charge in [0.25, 0.3) is 5.91 Å². The molecule has 0 bridgehead atoms. The quantitative estimate of drug-likeness (QED) is 0.847. The van der Waals surface area contributed by atoms with E-state index in [2.05, 4.69) is 41.0 Å². The molecular weight excluding hydrogens is 326 g/mol. The molecule has 0 spiro atoms. The zero-order valence-electron chi connectivity index (χ0n) is 15.5. The molecule has 5 heteroatoms. The monoisotopic (exact) mass is 353 g/mol. The van der Waals surface area contributed by atoms with E-state index >= 15 is 0 Å². The Kier molecular flexibility index (Phi) is 4.98. The second-order valence-electron chi connectivity index (χ2n) is 7.36. The number of anilines is 1. The van der Waals surface area contributed by atoms with Gasteiger partial charge in [0.2, 0.25) is 0 Å². The average Bonchev–Trinajstić information content (AvgIpc) is 3.35. The predicted molar refractivity (Wildman–Crippen MR) is 103 cm³/mol. The van der Waals surface area contributed by atoms with Crippen molar-refractivity contribution in [3.8, 4) is 0 Å². The van der Waals surface area contributed by atoms with Crippen LogP contribution < -0.4 is 4.90 Å². The molecule has 2 fully saturated rings. The van der Waals surface area contributed by atoms with Crippen LogP contribution in [0, 0.1) is 6.92 Å². The molecule has 1 aromatic carbocycles. The lowest BCUT2D eigenvalue weighted by molar-refractivity contribution is 0.0757. The predicted octanol–water partition coefficient (Wildman–Crippen LogP) is 3.15. The van der Waals surface area contributed by atoms with E-state index in [1.54, 1.807) is 0 Å². The van der Waals surface area contributed by atoms with Gasteiger partial charge in [-0.3, -0.25) is 9.69 Å². The third-order valence-corrected chi connectivity index (χ3v) is 5.42. The standard InChI is InChI=1S/C21H27N3O2/c1-17-4-6-18(7-5-17)23-14-12-22(13-15-23)16-19-8-9-20(26-19)21(25)24-10-2-3-11-24/h4-9H,2-3,10-16H2,1H3. The van der Waals surface area contributed by atoms with Crippen LogP contribution in [0.5, 0.6) is 0 Å². The molecule has 138 valence electrons. The summed E-state index contributed by atoms with van der Waals surface area (Å²) in [7, 11) is 0. The minimum atomic E-state index is 0.0398. The number of piperazine rings is 1. The molecule has 2 saturated heterocycles. The smallest absolute Gasteiger partial charge is 0.289 e. The van der Waals surface area contributed by atoms with Gasteiger partial charge in [-0.25, -0.2) is 0 Å². The van der Waals surface area contributed by atoms with Crippen LogP contribution in [0.25, 0.3) is 0 Å². The normalized spacial score (nSPS) is 18.5. The van der Waals surface area contributed by atoms with Crippen molar-refractivity contribution in [1.82, 2.24) is 9.80 Å². The topological polar surface area (TPSA) is 39.9 Å². The Hall–Kier alpha value is -2.27. The van der Waals surface area contributed by atoms with Crippen molar-refractivity contribution >= 4 is 11.6 Å². The van der Waals surface area contributed by atoms with Gasteiger partial charge < -0.3 is 14.2 Å². The average molecular weight is 353 g/mol. The molecule has 4 rings (SSSR count). The number of furan rings is 1. The Bertz CT molecular complexity index is 739. The van der Waals surface area contributed by atoms with Gasteiger partial charge in [0.15, 0.2) is 5.76 Å². The van der Waals surface area contributed by atoms with Gasteiger partial charge in [0, 0.05) is 45.0 Å². The summed E-state index contributed by atoms with van der Waals surface area (Å²) in [6.45, 7) is 8.65. The van der Waals surface area contributed by atoms with Crippen LogP contribution in [0.3, 0.4) is 0 Å². The second-order valence-corrected chi connectivity index (χ2v) is 7.36. The number of carbonyl (C=O) groups excluding carboxylic acids is 1. The number of aryl methyl sites for hydroxylation is 1. The first-order valence-corrected chi connectivity index (χ1v) is 9.61. The van der Waals surface area contributed by atoms with Gasteiger partial charge in [-0.1, -0.05) is 17.7 Å². The maximum absolute atomic E-state index is 12.4. The molecule has 26 heavy (non-hydrogen) atoms. The van der Waals surface area contributed by atoms with Gasteiger partial charge in [-0.15, -0.1) is 0 Å². The van der Waals surface area contributed by atoms with Crippen molar-refractivity contribution in [3.05, 3.63) is 53.5 Å². The molecule has 1 aromatic heterocycles. The molecule has 1 amide bonds. The number of hydrogen-bond donors (Lipinski definition) is 0. The van der Waals surface area contributed by atoms with Crippen molar-refractivity contribution in [2.45, 2.75) is 26.3 Å². The van der Waals surface area contributed by atoms with Crippen molar-refractivity contribution in [2.24, 2.45) is 0 Å². The van der Waals surface area contributed by atoms with E-state index in [1.165, 1.54) is 11.3 Å². The van der Waals surface area contributed by atoms with Gasteiger partial charge in [0.1, 0.15) is 5.76 Å². The van der Waals surface area contributed by atoms with E-state index in [9.17, 15) is 4.79 Å². The fourth-order valence-electron chi connectivity index (χ4n) is 3.79. The first kappa shape index (κ1) is 17.2. The summed E-state index contributed by atoms with van der Waals surface area (Å²) in [5.41, 5.74) is 2.59. The summed E-state index contributed by atoms with van der Waals surface area (Å²) in [4.78, 5) is 19.1. The third-order valence-electron chi connectivity index (χ3n) is 5.42. The molecule has 0 aliphatic carbocycles. The van der Waals surface area contributed by atoms with Gasteiger partial charge in [-0.05, 0) is 44.0 Å². The Morgan fingerprint density at radius 2 is 1.62 bits per heavy atom. The highest BCUT2D eigenvalue weighted by Gasteiger charge is 2.23. The summed E-state index contributed by atoms with van der Waals surface area (Å²) in [5.74, 6) is 1.41. The summed E-state index contributed by atoms with van der Waals surface area (Å²) in [6, 6.07) is 12.5. The van der Waals surface area contributed by atoms with Gasteiger partial charge in [-0.2, -0.15) is 0 Å². The zero-order valence-corrected chi connectivity index (χ0v) is 15.5. The van der Waals surface area contributed by atoms with Crippen LogP contribution in [-0.4, -0.2) is 55.0 Å².